The van der Waals surface area contributed by atoms with E-state index in [1.165, 1.54) is 0 Å². The second kappa shape index (κ2) is 6.25. The molecular formula is C12H18N2O2. The highest BCUT2D eigenvalue weighted by Crippen LogP contribution is 2.07. The van der Waals surface area contributed by atoms with Gasteiger partial charge < -0.3 is 16.2 Å². The lowest BCUT2D eigenvalue weighted by Crippen LogP contribution is -2.34. The number of esters is 1. The maximum absolute atomic E-state index is 11.3. The third kappa shape index (κ3) is 3.64. The molecule has 1 aromatic rings. The number of hydrogen-bond donors (Lipinski definition) is 2. The molecule has 1 aromatic carbocycles. The van der Waals surface area contributed by atoms with Gasteiger partial charge in [0.1, 0.15) is 6.04 Å². The Morgan fingerprint density at radius 1 is 1.44 bits per heavy atom. The Bertz CT molecular complexity index is 353. The number of nitrogens with two attached hydrogens (primary N) is 2. The van der Waals surface area contributed by atoms with E-state index in [0.717, 1.165) is 11.1 Å². The Hall–Kier alpha value is -1.39. The molecule has 4 nitrogen and oxygen atoms in total. The zero-order valence-corrected chi connectivity index (χ0v) is 9.48. The molecule has 0 aliphatic rings. The summed E-state index contributed by atoms with van der Waals surface area (Å²) in [5.41, 5.74) is 13.3. The van der Waals surface area contributed by atoms with E-state index in [0.29, 0.717) is 19.6 Å². The fraction of sp³-hybridized carbons (Fsp3) is 0.417. The molecule has 4 N–H and O–H groups in total. The van der Waals surface area contributed by atoms with Crippen LogP contribution in [0.2, 0.25) is 0 Å². The molecule has 4 heteroatoms. The molecule has 1 unspecified atom stereocenters. The minimum atomic E-state index is -0.604. The molecule has 0 bridgehead atoms. The standard InChI is InChI=1S/C12H18N2O2/c1-2-16-12(15)11(14)7-9-4-3-5-10(6-9)8-13/h3-6,11H,2,7-8,13-14H2,1H3. The molecule has 1 rings (SSSR count). The number of hydrogen-bond acceptors (Lipinski definition) is 4. The van der Waals surface area contributed by atoms with Gasteiger partial charge in [0.15, 0.2) is 0 Å². The Morgan fingerprint density at radius 3 is 2.75 bits per heavy atom. The molecule has 0 saturated carbocycles. The summed E-state index contributed by atoms with van der Waals surface area (Å²) < 4.78 is 4.84. The zero-order chi connectivity index (χ0) is 12.0. The molecule has 0 amide bonds. The molecule has 88 valence electrons. The first-order valence-corrected chi connectivity index (χ1v) is 5.37. The van der Waals surface area contributed by atoms with Crippen molar-refractivity contribution in [1.29, 1.82) is 0 Å². The summed E-state index contributed by atoms with van der Waals surface area (Å²) in [5.74, 6) is -0.361. The van der Waals surface area contributed by atoms with Crippen molar-refractivity contribution >= 4 is 5.97 Å². The zero-order valence-electron chi connectivity index (χ0n) is 9.48. The van der Waals surface area contributed by atoms with Crippen LogP contribution in [0.15, 0.2) is 24.3 Å². The number of benzene rings is 1. The second-order valence-corrected chi connectivity index (χ2v) is 3.59. The topological polar surface area (TPSA) is 78.3 Å². The van der Waals surface area contributed by atoms with Crippen LogP contribution < -0.4 is 11.5 Å². The van der Waals surface area contributed by atoms with Gasteiger partial charge in [0, 0.05) is 6.54 Å². The van der Waals surface area contributed by atoms with Gasteiger partial charge in [-0.3, -0.25) is 4.79 Å². The Balaban J connectivity index is 2.61. The molecule has 0 saturated heterocycles. The normalized spacial score (nSPS) is 12.2. The Kier molecular flexibility index (Phi) is 4.95. The van der Waals surface area contributed by atoms with E-state index in [-0.39, 0.29) is 5.97 Å². The lowest BCUT2D eigenvalue weighted by atomic mass is 10.0. The van der Waals surface area contributed by atoms with Gasteiger partial charge in [-0.2, -0.15) is 0 Å². The highest BCUT2D eigenvalue weighted by atomic mass is 16.5. The van der Waals surface area contributed by atoms with Crippen LogP contribution in [-0.2, 0) is 22.5 Å². The van der Waals surface area contributed by atoms with Gasteiger partial charge >= 0.3 is 5.97 Å². The molecular weight excluding hydrogens is 204 g/mol. The first kappa shape index (κ1) is 12.7. The minimum absolute atomic E-state index is 0.357. The lowest BCUT2D eigenvalue weighted by molar-refractivity contribution is -0.144. The van der Waals surface area contributed by atoms with Crippen LogP contribution in [0.3, 0.4) is 0 Å². The second-order valence-electron chi connectivity index (χ2n) is 3.59. The molecule has 0 aliphatic heterocycles. The van der Waals surface area contributed by atoms with Gasteiger partial charge in [-0.15, -0.1) is 0 Å². The van der Waals surface area contributed by atoms with Gasteiger partial charge in [-0.1, -0.05) is 24.3 Å². The summed E-state index contributed by atoms with van der Waals surface area (Å²) in [6, 6.07) is 7.14. The minimum Gasteiger partial charge on any atom is -0.465 e. The van der Waals surface area contributed by atoms with Crippen molar-refractivity contribution in [2.45, 2.75) is 25.9 Å². The summed E-state index contributed by atoms with van der Waals surface area (Å²) >= 11 is 0. The quantitative estimate of drug-likeness (QED) is 0.714. The van der Waals surface area contributed by atoms with Crippen molar-refractivity contribution in [2.75, 3.05) is 6.61 Å². The van der Waals surface area contributed by atoms with Crippen LogP contribution in [0, 0.1) is 0 Å². The van der Waals surface area contributed by atoms with Gasteiger partial charge in [0.25, 0.3) is 0 Å². The Labute approximate surface area is 95.6 Å². The largest absolute Gasteiger partial charge is 0.465 e. The smallest absolute Gasteiger partial charge is 0.323 e. The number of carbonyl (C=O) groups excluding carboxylic acids is 1. The summed E-state index contributed by atoms with van der Waals surface area (Å²) in [6.07, 6.45) is 0.479. The maximum Gasteiger partial charge on any atom is 0.323 e. The van der Waals surface area contributed by atoms with Crippen molar-refractivity contribution in [3.05, 3.63) is 35.4 Å². The summed E-state index contributed by atoms with van der Waals surface area (Å²) in [4.78, 5) is 11.3. The predicted octanol–water partition coefficient (Wildman–Crippen LogP) is 0.578. The first-order valence-electron chi connectivity index (χ1n) is 5.37. The highest BCUT2D eigenvalue weighted by Gasteiger charge is 2.14. The molecule has 0 radical (unpaired) electrons. The molecule has 0 heterocycles. The van der Waals surface area contributed by atoms with E-state index in [2.05, 4.69) is 0 Å². The average molecular weight is 222 g/mol. The monoisotopic (exact) mass is 222 g/mol. The Morgan fingerprint density at radius 2 is 2.12 bits per heavy atom. The van der Waals surface area contributed by atoms with Crippen LogP contribution in [-0.4, -0.2) is 18.6 Å². The van der Waals surface area contributed by atoms with Gasteiger partial charge in [-0.05, 0) is 24.5 Å². The number of carbonyl (C=O) groups is 1. The maximum atomic E-state index is 11.3. The van der Waals surface area contributed by atoms with Crippen LogP contribution >= 0.6 is 0 Å². The number of rotatable bonds is 5. The highest BCUT2D eigenvalue weighted by molar-refractivity contribution is 5.75. The fourth-order valence-corrected chi connectivity index (χ4v) is 1.47. The summed E-state index contributed by atoms with van der Waals surface area (Å²) in [6.45, 7) is 2.61. The summed E-state index contributed by atoms with van der Waals surface area (Å²) in [5, 5.41) is 0. The molecule has 0 spiro atoms. The SMILES string of the molecule is CCOC(=O)C(N)Cc1cccc(CN)c1. The van der Waals surface area contributed by atoms with E-state index in [4.69, 9.17) is 16.2 Å². The van der Waals surface area contributed by atoms with E-state index in [1.807, 2.05) is 24.3 Å². The third-order valence-electron chi connectivity index (χ3n) is 2.27. The molecule has 0 aliphatic carbocycles. The van der Waals surface area contributed by atoms with Crippen molar-refractivity contribution in [3.63, 3.8) is 0 Å². The average Bonchev–Trinajstić information content (AvgIpc) is 2.29. The molecule has 16 heavy (non-hydrogen) atoms. The molecule has 0 aromatic heterocycles. The van der Waals surface area contributed by atoms with Crippen LogP contribution in [0.5, 0.6) is 0 Å². The van der Waals surface area contributed by atoms with Crippen molar-refractivity contribution in [2.24, 2.45) is 11.5 Å². The van der Waals surface area contributed by atoms with Crippen LogP contribution in [0.25, 0.3) is 0 Å². The predicted molar refractivity (Wildman–Crippen MR) is 62.6 cm³/mol. The first-order chi connectivity index (χ1) is 7.67. The van der Waals surface area contributed by atoms with Crippen molar-refractivity contribution in [3.8, 4) is 0 Å². The number of ether oxygens (including phenoxy) is 1. The fourth-order valence-electron chi connectivity index (χ4n) is 1.47. The molecule has 1 atom stereocenters. The van der Waals surface area contributed by atoms with Crippen molar-refractivity contribution < 1.29 is 9.53 Å². The van der Waals surface area contributed by atoms with E-state index in [9.17, 15) is 4.79 Å². The van der Waals surface area contributed by atoms with Crippen LogP contribution in [0.1, 0.15) is 18.1 Å². The van der Waals surface area contributed by atoms with E-state index >= 15 is 0 Å². The van der Waals surface area contributed by atoms with Gasteiger partial charge in [0.2, 0.25) is 0 Å². The van der Waals surface area contributed by atoms with E-state index in [1.54, 1.807) is 6.92 Å². The van der Waals surface area contributed by atoms with Gasteiger partial charge in [0.05, 0.1) is 6.61 Å². The molecule has 0 fully saturated rings. The summed E-state index contributed by atoms with van der Waals surface area (Å²) in [7, 11) is 0. The van der Waals surface area contributed by atoms with Crippen LogP contribution in [0.4, 0.5) is 0 Å². The van der Waals surface area contributed by atoms with Crippen molar-refractivity contribution in [1.82, 2.24) is 0 Å². The van der Waals surface area contributed by atoms with E-state index < -0.39 is 6.04 Å². The van der Waals surface area contributed by atoms with Gasteiger partial charge in [-0.25, -0.2) is 0 Å². The lowest BCUT2D eigenvalue weighted by Gasteiger charge is -2.11. The third-order valence-corrected chi connectivity index (χ3v) is 2.27.